The summed E-state index contributed by atoms with van der Waals surface area (Å²) in [5, 5.41) is 19.2. The molecule has 7 heteroatoms. The van der Waals surface area contributed by atoms with Gasteiger partial charge in [0.25, 0.3) is 5.89 Å². The van der Waals surface area contributed by atoms with E-state index in [4.69, 9.17) is 4.52 Å². The monoisotopic (exact) mass is 444 g/mol. The van der Waals surface area contributed by atoms with Crippen LogP contribution in [0.2, 0.25) is 0 Å². The molecule has 2 aromatic carbocycles. The minimum absolute atomic E-state index is 0.345. The Labute approximate surface area is 191 Å². The van der Waals surface area contributed by atoms with Gasteiger partial charge < -0.3 is 9.63 Å². The first-order valence-electron chi connectivity index (χ1n) is 11.4. The lowest BCUT2D eigenvalue weighted by Crippen LogP contribution is -2.28. The number of aryl methyl sites for hydroxylation is 1. The van der Waals surface area contributed by atoms with Crippen LogP contribution < -0.4 is 0 Å². The van der Waals surface area contributed by atoms with Crippen molar-refractivity contribution in [3.63, 3.8) is 0 Å². The molecule has 6 rings (SSSR count). The van der Waals surface area contributed by atoms with E-state index in [1.807, 2.05) is 66.2 Å². The van der Waals surface area contributed by atoms with E-state index in [1.54, 1.807) is 0 Å². The molecule has 0 aliphatic heterocycles. The molecule has 33 heavy (non-hydrogen) atoms. The van der Waals surface area contributed by atoms with Gasteiger partial charge in [-0.3, -0.25) is 4.68 Å². The number of aliphatic hydroxyl groups is 1. The average Bonchev–Trinajstić information content (AvgIpc) is 3.20. The summed E-state index contributed by atoms with van der Waals surface area (Å²) in [7, 11) is 0. The largest absolute Gasteiger partial charge is 0.385 e. The van der Waals surface area contributed by atoms with Crippen LogP contribution in [0.25, 0.3) is 23.0 Å². The molecule has 0 spiro atoms. The molecule has 168 valence electrons. The second kappa shape index (κ2) is 7.35. The first-order chi connectivity index (χ1) is 15.9. The SMILES string of the molecule is Cc1cc(-c2nc(-c3ccc(C4(F)CCC4)cc3)no2)nn1Cc1cccc(C2(O)CC2)c1. The van der Waals surface area contributed by atoms with Crippen LogP contribution in [0.4, 0.5) is 4.39 Å². The number of halogens is 1. The van der Waals surface area contributed by atoms with Crippen molar-refractivity contribution in [3.8, 4) is 23.0 Å². The van der Waals surface area contributed by atoms with Crippen LogP contribution in [0.5, 0.6) is 0 Å². The summed E-state index contributed by atoms with van der Waals surface area (Å²) in [6.07, 6.45) is 3.75. The smallest absolute Gasteiger partial charge is 0.278 e. The Bertz CT molecular complexity index is 1320. The van der Waals surface area contributed by atoms with E-state index in [1.165, 1.54) is 0 Å². The van der Waals surface area contributed by atoms with Gasteiger partial charge in [-0.05, 0) is 61.8 Å². The van der Waals surface area contributed by atoms with Gasteiger partial charge in [-0.2, -0.15) is 10.1 Å². The van der Waals surface area contributed by atoms with Crippen LogP contribution in [-0.2, 0) is 17.8 Å². The van der Waals surface area contributed by atoms with Gasteiger partial charge >= 0.3 is 0 Å². The zero-order valence-electron chi connectivity index (χ0n) is 18.5. The maximum Gasteiger partial charge on any atom is 0.278 e. The van der Waals surface area contributed by atoms with Gasteiger partial charge in [0.05, 0.1) is 12.1 Å². The van der Waals surface area contributed by atoms with Gasteiger partial charge in [-0.1, -0.05) is 53.7 Å². The van der Waals surface area contributed by atoms with Gasteiger partial charge in [0, 0.05) is 11.3 Å². The molecule has 4 aromatic rings. The highest BCUT2D eigenvalue weighted by Crippen LogP contribution is 2.46. The third-order valence-electron chi connectivity index (χ3n) is 6.95. The zero-order chi connectivity index (χ0) is 22.6. The Kier molecular flexibility index (Phi) is 4.52. The summed E-state index contributed by atoms with van der Waals surface area (Å²) < 4.78 is 22.0. The molecule has 0 unspecified atom stereocenters. The normalized spacial score (nSPS) is 18.2. The number of aromatic nitrogens is 4. The standard InChI is InChI=1S/C26H25FN4O2/c1-17-14-22(29-31(17)16-18-4-2-5-21(15-18)26(32)12-13-26)24-28-23(30-33-24)19-6-8-20(9-7-19)25(27)10-3-11-25/h2,4-9,14-15,32H,3,10-13,16H2,1H3. The fraction of sp³-hybridized carbons (Fsp3) is 0.346. The van der Waals surface area contributed by atoms with Crippen LogP contribution >= 0.6 is 0 Å². The van der Waals surface area contributed by atoms with Gasteiger partial charge in [-0.25, -0.2) is 4.39 Å². The van der Waals surface area contributed by atoms with Crippen molar-refractivity contribution >= 4 is 0 Å². The summed E-state index contributed by atoms with van der Waals surface area (Å²) in [6.45, 7) is 2.57. The summed E-state index contributed by atoms with van der Waals surface area (Å²) in [4.78, 5) is 4.51. The van der Waals surface area contributed by atoms with Gasteiger partial charge in [0.1, 0.15) is 5.67 Å². The van der Waals surface area contributed by atoms with Crippen LogP contribution in [0.3, 0.4) is 0 Å². The Hall–Kier alpha value is -3.32. The first-order valence-corrected chi connectivity index (χ1v) is 11.4. The second-order valence-electron chi connectivity index (χ2n) is 9.38. The van der Waals surface area contributed by atoms with Crippen LogP contribution in [0.15, 0.2) is 59.1 Å². The minimum atomic E-state index is -1.18. The maximum absolute atomic E-state index is 14.6. The van der Waals surface area contributed by atoms with Gasteiger partial charge in [0.2, 0.25) is 5.82 Å². The number of hydrogen-bond acceptors (Lipinski definition) is 5. The van der Waals surface area contributed by atoms with Crippen LogP contribution in [-0.4, -0.2) is 25.0 Å². The summed E-state index contributed by atoms with van der Waals surface area (Å²) >= 11 is 0. The highest BCUT2D eigenvalue weighted by Gasteiger charge is 2.42. The van der Waals surface area contributed by atoms with E-state index in [2.05, 4.69) is 15.2 Å². The third kappa shape index (κ3) is 3.66. The van der Waals surface area contributed by atoms with Gasteiger partial charge in [-0.15, -0.1) is 0 Å². The second-order valence-corrected chi connectivity index (χ2v) is 9.38. The Morgan fingerprint density at radius 1 is 1.03 bits per heavy atom. The van der Waals surface area contributed by atoms with Crippen molar-refractivity contribution in [2.75, 3.05) is 0 Å². The van der Waals surface area contributed by atoms with Crippen molar-refractivity contribution < 1.29 is 14.0 Å². The number of alkyl halides is 1. The molecule has 2 aliphatic carbocycles. The molecule has 0 amide bonds. The number of nitrogens with zero attached hydrogens (tertiary/aromatic N) is 4. The van der Waals surface area contributed by atoms with Crippen molar-refractivity contribution in [1.29, 1.82) is 0 Å². The van der Waals surface area contributed by atoms with Crippen molar-refractivity contribution in [1.82, 2.24) is 19.9 Å². The molecule has 0 atom stereocenters. The Balaban J connectivity index is 1.21. The lowest BCUT2D eigenvalue weighted by molar-refractivity contribution is 0.0609. The predicted molar refractivity (Wildman–Crippen MR) is 121 cm³/mol. The highest BCUT2D eigenvalue weighted by molar-refractivity contribution is 5.58. The molecule has 2 aromatic heterocycles. The fourth-order valence-corrected chi connectivity index (χ4v) is 4.45. The predicted octanol–water partition coefficient (Wildman–Crippen LogP) is 5.29. The van der Waals surface area contributed by atoms with Crippen molar-refractivity contribution in [2.45, 2.75) is 56.8 Å². The van der Waals surface area contributed by atoms with E-state index >= 15 is 0 Å². The molecule has 1 N–H and O–H groups in total. The van der Waals surface area contributed by atoms with E-state index in [9.17, 15) is 9.50 Å². The van der Waals surface area contributed by atoms with Crippen molar-refractivity contribution in [3.05, 3.63) is 77.0 Å². The van der Waals surface area contributed by atoms with Crippen LogP contribution in [0.1, 0.15) is 54.5 Å². The molecule has 2 fully saturated rings. The van der Waals surface area contributed by atoms with E-state index in [0.717, 1.165) is 41.6 Å². The van der Waals surface area contributed by atoms with Gasteiger partial charge in [0.15, 0.2) is 5.69 Å². The number of benzene rings is 2. The maximum atomic E-state index is 14.6. The number of hydrogen-bond donors (Lipinski definition) is 1. The van der Waals surface area contributed by atoms with E-state index in [0.29, 0.717) is 42.4 Å². The third-order valence-corrected chi connectivity index (χ3v) is 6.95. The molecular formula is C26H25FN4O2. The Morgan fingerprint density at radius 2 is 1.82 bits per heavy atom. The molecule has 0 bridgehead atoms. The summed E-state index contributed by atoms with van der Waals surface area (Å²) in [5.41, 5.74) is 3.29. The lowest BCUT2D eigenvalue weighted by Gasteiger charge is -2.34. The minimum Gasteiger partial charge on any atom is -0.385 e. The topological polar surface area (TPSA) is 77.0 Å². The summed E-state index contributed by atoms with van der Waals surface area (Å²) in [6, 6.07) is 17.3. The lowest BCUT2D eigenvalue weighted by atomic mass is 9.77. The van der Waals surface area contributed by atoms with Crippen LogP contribution in [0, 0.1) is 6.92 Å². The molecule has 2 saturated carbocycles. The molecule has 2 aliphatic rings. The van der Waals surface area contributed by atoms with E-state index in [-0.39, 0.29) is 0 Å². The number of rotatable bonds is 6. The molecule has 0 saturated heterocycles. The highest BCUT2D eigenvalue weighted by atomic mass is 19.1. The average molecular weight is 445 g/mol. The molecule has 6 nitrogen and oxygen atoms in total. The fourth-order valence-electron chi connectivity index (χ4n) is 4.45. The first kappa shape index (κ1) is 20.3. The van der Waals surface area contributed by atoms with E-state index < -0.39 is 11.3 Å². The zero-order valence-corrected chi connectivity index (χ0v) is 18.5. The molecule has 0 radical (unpaired) electrons. The molecular weight excluding hydrogens is 419 g/mol. The summed E-state index contributed by atoms with van der Waals surface area (Å²) in [5.74, 6) is 0.800. The molecule has 2 heterocycles. The van der Waals surface area contributed by atoms with Crippen molar-refractivity contribution in [2.24, 2.45) is 0 Å². The quantitative estimate of drug-likeness (QED) is 0.437. The Morgan fingerprint density at radius 3 is 2.52 bits per heavy atom.